The number of aromatic nitrogens is 2. The summed E-state index contributed by atoms with van der Waals surface area (Å²) >= 11 is 0. The first-order valence-corrected chi connectivity index (χ1v) is 7.96. The van der Waals surface area contributed by atoms with Gasteiger partial charge in [0.05, 0.1) is 5.69 Å². The van der Waals surface area contributed by atoms with Crippen molar-refractivity contribution in [1.29, 1.82) is 0 Å². The highest BCUT2D eigenvalue weighted by Crippen LogP contribution is 2.13. The van der Waals surface area contributed by atoms with Gasteiger partial charge in [-0.2, -0.15) is 5.10 Å². The van der Waals surface area contributed by atoms with E-state index in [1.807, 2.05) is 18.8 Å². The number of aryl methyl sites for hydroxylation is 2. The first kappa shape index (κ1) is 18.5. The third-order valence-corrected chi connectivity index (χ3v) is 3.85. The third-order valence-electron chi connectivity index (χ3n) is 3.85. The van der Waals surface area contributed by atoms with Gasteiger partial charge < -0.3 is 15.5 Å². The SMILES string of the molecule is CN=C(NCCCN(C)C)NC(C)Cc1c(C)nn(C)c1C. The molecule has 0 aliphatic heterocycles. The molecule has 1 unspecified atom stereocenters. The minimum Gasteiger partial charge on any atom is -0.356 e. The molecule has 1 aromatic rings. The van der Waals surface area contributed by atoms with Crippen molar-refractivity contribution in [2.45, 2.75) is 39.7 Å². The normalized spacial score (nSPS) is 13.5. The van der Waals surface area contributed by atoms with Gasteiger partial charge in [0.25, 0.3) is 0 Å². The van der Waals surface area contributed by atoms with Crippen molar-refractivity contribution in [2.24, 2.45) is 12.0 Å². The Morgan fingerprint density at radius 1 is 1.36 bits per heavy atom. The number of rotatable bonds is 7. The maximum absolute atomic E-state index is 4.48. The Bertz CT molecular complexity index is 489. The van der Waals surface area contributed by atoms with E-state index in [4.69, 9.17) is 0 Å². The predicted molar refractivity (Wildman–Crippen MR) is 93.5 cm³/mol. The molecule has 6 heteroatoms. The largest absolute Gasteiger partial charge is 0.356 e. The molecule has 0 fully saturated rings. The summed E-state index contributed by atoms with van der Waals surface area (Å²) in [5.41, 5.74) is 3.67. The van der Waals surface area contributed by atoms with Gasteiger partial charge in [0.2, 0.25) is 0 Å². The number of nitrogens with zero attached hydrogens (tertiary/aromatic N) is 4. The average Bonchev–Trinajstić information content (AvgIpc) is 2.68. The summed E-state index contributed by atoms with van der Waals surface area (Å²) in [6.45, 7) is 8.38. The summed E-state index contributed by atoms with van der Waals surface area (Å²) in [6.07, 6.45) is 2.05. The maximum Gasteiger partial charge on any atom is 0.191 e. The molecule has 0 saturated heterocycles. The molecular formula is C16H32N6. The van der Waals surface area contributed by atoms with Gasteiger partial charge in [-0.05, 0) is 59.8 Å². The van der Waals surface area contributed by atoms with Crippen LogP contribution in [0.15, 0.2) is 4.99 Å². The Hall–Kier alpha value is -1.56. The summed E-state index contributed by atoms with van der Waals surface area (Å²) in [5.74, 6) is 0.866. The molecule has 22 heavy (non-hydrogen) atoms. The Morgan fingerprint density at radius 2 is 2.05 bits per heavy atom. The van der Waals surface area contributed by atoms with Crippen LogP contribution in [0.1, 0.15) is 30.3 Å². The zero-order valence-electron chi connectivity index (χ0n) is 15.2. The molecule has 0 aliphatic rings. The van der Waals surface area contributed by atoms with E-state index in [1.54, 1.807) is 0 Å². The molecule has 6 nitrogen and oxygen atoms in total. The fraction of sp³-hybridized carbons (Fsp3) is 0.750. The van der Waals surface area contributed by atoms with E-state index >= 15 is 0 Å². The van der Waals surface area contributed by atoms with Gasteiger partial charge in [-0.25, -0.2) is 0 Å². The lowest BCUT2D eigenvalue weighted by Crippen LogP contribution is -2.43. The highest BCUT2D eigenvalue weighted by atomic mass is 15.3. The van der Waals surface area contributed by atoms with Crippen molar-refractivity contribution < 1.29 is 0 Å². The molecule has 0 saturated carbocycles. The van der Waals surface area contributed by atoms with E-state index in [2.05, 4.69) is 60.5 Å². The van der Waals surface area contributed by atoms with Crippen LogP contribution in [0.5, 0.6) is 0 Å². The molecule has 1 atom stereocenters. The third kappa shape index (κ3) is 5.67. The van der Waals surface area contributed by atoms with Crippen LogP contribution in [-0.2, 0) is 13.5 Å². The van der Waals surface area contributed by atoms with Crippen LogP contribution in [-0.4, -0.2) is 60.9 Å². The highest BCUT2D eigenvalue weighted by molar-refractivity contribution is 5.79. The van der Waals surface area contributed by atoms with Gasteiger partial charge in [0, 0.05) is 32.4 Å². The van der Waals surface area contributed by atoms with Gasteiger partial charge in [-0.15, -0.1) is 0 Å². The first-order chi connectivity index (χ1) is 10.3. The molecular weight excluding hydrogens is 276 g/mol. The Balaban J connectivity index is 2.46. The number of hydrogen-bond acceptors (Lipinski definition) is 3. The monoisotopic (exact) mass is 308 g/mol. The van der Waals surface area contributed by atoms with E-state index in [-0.39, 0.29) is 0 Å². The zero-order valence-corrected chi connectivity index (χ0v) is 15.2. The van der Waals surface area contributed by atoms with Gasteiger partial charge in [-0.3, -0.25) is 9.67 Å². The minimum absolute atomic E-state index is 0.307. The second-order valence-electron chi connectivity index (χ2n) is 6.18. The fourth-order valence-corrected chi connectivity index (χ4v) is 2.50. The molecule has 0 radical (unpaired) electrons. The second-order valence-corrected chi connectivity index (χ2v) is 6.18. The summed E-state index contributed by atoms with van der Waals surface area (Å²) in [7, 11) is 7.99. The topological polar surface area (TPSA) is 57.5 Å². The van der Waals surface area contributed by atoms with E-state index in [0.717, 1.165) is 37.6 Å². The fourth-order valence-electron chi connectivity index (χ4n) is 2.50. The van der Waals surface area contributed by atoms with Crippen LogP contribution < -0.4 is 10.6 Å². The van der Waals surface area contributed by atoms with Gasteiger partial charge in [0.15, 0.2) is 5.96 Å². The molecule has 1 heterocycles. The zero-order chi connectivity index (χ0) is 16.7. The predicted octanol–water partition coefficient (Wildman–Crippen LogP) is 1.08. The van der Waals surface area contributed by atoms with Crippen molar-refractivity contribution >= 4 is 5.96 Å². The van der Waals surface area contributed by atoms with Crippen molar-refractivity contribution in [3.05, 3.63) is 17.0 Å². The molecule has 0 amide bonds. The van der Waals surface area contributed by atoms with Crippen LogP contribution >= 0.6 is 0 Å². The van der Waals surface area contributed by atoms with Gasteiger partial charge >= 0.3 is 0 Å². The summed E-state index contributed by atoms with van der Waals surface area (Å²) in [6, 6.07) is 0.307. The first-order valence-electron chi connectivity index (χ1n) is 7.96. The summed E-state index contributed by atoms with van der Waals surface area (Å²) in [4.78, 5) is 6.49. The highest BCUT2D eigenvalue weighted by Gasteiger charge is 2.13. The number of aliphatic imine (C=N–C) groups is 1. The van der Waals surface area contributed by atoms with Crippen molar-refractivity contribution in [3.63, 3.8) is 0 Å². The van der Waals surface area contributed by atoms with E-state index in [9.17, 15) is 0 Å². The van der Waals surface area contributed by atoms with Gasteiger partial charge in [-0.1, -0.05) is 0 Å². The second kappa shape index (κ2) is 8.78. The van der Waals surface area contributed by atoms with Crippen LogP contribution in [0.25, 0.3) is 0 Å². The summed E-state index contributed by atoms with van der Waals surface area (Å²) < 4.78 is 1.95. The lowest BCUT2D eigenvalue weighted by atomic mass is 10.1. The van der Waals surface area contributed by atoms with Crippen molar-refractivity contribution in [1.82, 2.24) is 25.3 Å². The standard InChI is InChI=1S/C16H32N6/c1-12(11-15-13(2)20-22(7)14(15)3)19-16(17-4)18-9-8-10-21(5)6/h12H,8-11H2,1-7H3,(H2,17,18,19). The molecule has 1 rings (SSSR count). The molecule has 0 spiro atoms. The quantitative estimate of drug-likeness (QED) is 0.450. The average molecular weight is 308 g/mol. The molecule has 2 N–H and O–H groups in total. The Labute approximate surface area is 135 Å². The Morgan fingerprint density at radius 3 is 2.55 bits per heavy atom. The van der Waals surface area contributed by atoms with Crippen molar-refractivity contribution in [2.75, 3.05) is 34.2 Å². The molecule has 0 aliphatic carbocycles. The van der Waals surface area contributed by atoms with Crippen molar-refractivity contribution in [3.8, 4) is 0 Å². The minimum atomic E-state index is 0.307. The molecule has 0 bridgehead atoms. The van der Waals surface area contributed by atoms with Crippen LogP contribution in [0, 0.1) is 13.8 Å². The van der Waals surface area contributed by atoms with E-state index in [1.165, 1.54) is 11.3 Å². The van der Waals surface area contributed by atoms with Gasteiger partial charge in [0.1, 0.15) is 0 Å². The van der Waals surface area contributed by atoms with Crippen LogP contribution in [0.4, 0.5) is 0 Å². The number of guanidine groups is 1. The lowest BCUT2D eigenvalue weighted by Gasteiger charge is -2.18. The molecule has 1 aromatic heterocycles. The maximum atomic E-state index is 4.48. The number of hydrogen-bond donors (Lipinski definition) is 2. The molecule has 126 valence electrons. The lowest BCUT2D eigenvalue weighted by molar-refractivity contribution is 0.399. The van der Waals surface area contributed by atoms with E-state index in [0.29, 0.717) is 6.04 Å². The van der Waals surface area contributed by atoms with E-state index < -0.39 is 0 Å². The summed E-state index contributed by atoms with van der Waals surface area (Å²) in [5, 5.41) is 11.3. The smallest absolute Gasteiger partial charge is 0.191 e. The van der Waals surface area contributed by atoms with Crippen LogP contribution in [0.2, 0.25) is 0 Å². The molecule has 0 aromatic carbocycles. The number of nitrogens with one attached hydrogen (secondary N) is 2. The Kier molecular flexibility index (Phi) is 7.38. The van der Waals surface area contributed by atoms with Crippen LogP contribution in [0.3, 0.4) is 0 Å².